The van der Waals surface area contributed by atoms with Crippen LogP contribution in [0.25, 0.3) is 5.57 Å². The first-order valence-electron chi connectivity index (χ1n) is 9.77. The molecule has 3 rings (SSSR count). The van der Waals surface area contributed by atoms with Crippen molar-refractivity contribution in [3.8, 4) is 5.75 Å². The second-order valence-electron chi connectivity index (χ2n) is 7.00. The summed E-state index contributed by atoms with van der Waals surface area (Å²) in [5, 5.41) is 0. The van der Waals surface area contributed by atoms with Gasteiger partial charge in [0.25, 0.3) is 0 Å². The molecule has 0 heterocycles. The van der Waals surface area contributed by atoms with Crippen molar-refractivity contribution in [1.29, 1.82) is 0 Å². The molecule has 3 heteroatoms. The van der Waals surface area contributed by atoms with E-state index in [-0.39, 0.29) is 18.5 Å². The molecule has 0 aromatic heterocycles. The fraction of sp³-hybridized carbons (Fsp3) is 0.192. The van der Waals surface area contributed by atoms with Gasteiger partial charge in [-0.2, -0.15) is 0 Å². The van der Waals surface area contributed by atoms with Gasteiger partial charge >= 0.3 is 5.97 Å². The van der Waals surface area contributed by atoms with Crippen molar-refractivity contribution in [2.24, 2.45) is 5.92 Å². The Bertz CT molecular complexity index is 887. The van der Waals surface area contributed by atoms with Crippen molar-refractivity contribution in [3.63, 3.8) is 0 Å². The van der Waals surface area contributed by atoms with Gasteiger partial charge in [-0.25, -0.2) is 0 Å². The Balaban J connectivity index is 1.66. The van der Waals surface area contributed by atoms with Crippen molar-refractivity contribution >= 4 is 11.5 Å². The minimum Gasteiger partial charge on any atom is -0.497 e. The Kier molecular flexibility index (Phi) is 7.23. The maximum atomic E-state index is 12.3. The van der Waals surface area contributed by atoms with Gasteiger partial charge in [-0.3, -0.25) is 4.79 Å². The summed E-state index contributed by atoms with van der Waals surface area (Å²) >= 11 is 0. The van der Waals surface area contributed by atoms with Crippen LogP contribution in [0, 0.1) is 5.92 Å². The fourth-order valence-electron chi connectivity index (χ4n) is 3.15. The molecule has 0 saturated heterocycles. The van der Waals surface area contributed by atoms with Crippen LogP contribution < -0.4 is 4.74 Å². The first kappa shape index (κ1) is 20.4. The highest BCUT2D eigenvalue weighted by atomic mass is 16.5. The monoisotopic (exact) mass is 386 g/mol. The van der Waals surface area contributed by atoms with E-state index in [1.165, 1.54) is 0 Å². The number of carbonyl (C=O) groups excluding carboxylic acids is 1. The summed E-state index contributed by atoms with van der Waals surface area (Å²) in [5.74, 6) is 0.631. The smallest absolute Gasteiger partial charge is 0.306 e. The van der Waals surface area contributed by atoms with Crippen LogP contribution in [-0.2, 0) is 16.1 Å². The van der Waals surface area contributed by atoms with Crippen LogP contribution in [0.5, 0.6) is 5.75 Å². The maximum absolute atomic E-state index is 12.3. The van der Waals surface area contributed by atoms with Crippen LogP contribution in [-0.4, -0.2) is 13.1 Å². The first-order chi connectivity index (χ1) is 14.2. The van der Waals surface area contributed by atoms with E-state index in [1.807, 2.05) is 67.6 Å². The highest BCUT2D eigenvalue weighted by Gasteiger charge is 2.12. The standard InChI is InChI=1S/C26H26O3/c1-20(18-26(27)29-19-21-13-15-24(28-2)16-14-21)17-25(22-9-5-3-6-10-22)23-11-7-4-8-12-23/h3-17,20H,18-19H2,1-2H3. The molecule has 3 aromatic carbocycles. The molecular formula is C26H26O3. The molecule has 29 heavy (non-hydrogen) atoms. The summed E-state index contributed by atoms with van der Waals surface area (Å²) < 4.78 is 10.6. The van der Waals surface area contributed by atoms with Gasteiger partial charge in [0.05, 0.1) is 13.5 Å². The summed E-state index contributed by atoms with van der Waals surface area (Å²) in [6.45, 7) is 2.31. The molecule has 0 amide bonds. The van der Waals surface area contributed by atoms with Crippen molar-refractivity contribution in [2.45, 2.75) is 20.0 Å². The van der Waals surface area contributed by atoms with Crippen molar-refractivity contribution in [3.05, 3.63) is 108 Å². The summed E-state index contributed by atoms with van der Waals surface area (Å²) in [6, 6.07) is 28.0. The summed E-state index contributed by atoms with van der Waals surface area (Å²) in [6.07, 6.45) is 2.48. The van der Waals surface area contributed by atoms with E-state index in [1.54, 1.807) is 7.11 Å². The third-order valence-corrected chi connectivity index (χ3v) is 4.67. The summed E-state index contributed by atoms with van der Waals surface area (Å²) in [4.78, 5) is 12.3. The fourth-order valence-corrected chi connectivity index (χ4v) is 3.15. The van der Waals surface area contributed by atoms with E-state index in [0.29, 0.717) is 6.42 Å². The number of hydrogen-bond donors (Lipinski definition) is 0. The molecule has 0 bridgehead atoms. The lowest BCUT2D eigenvalue weighted by molar-refractivity contribution is -0.145. The van der Waals surface area contributed by atoms with E-state index < -0.39 is 0 Å². The Morgan fingerprint density at radius 2 is 1.41 bits per heavy atom. The normalized spacial score (nSPS) is 11.4. The van der Waals surface area contributed by atoms with Crippen LogP contribution in [0.15, 0.2) is 91.0 Å². The van der Waals surface area contributed by atoms with Gasteiger partial charge in [-0.05, 0) is 40.3 Å². The van der Waals surface area contributed by atoms with Crippen molar-refractivity contribution in [2.75, 3.05) is 7.11 Å². The van der Waals surface area contributed by atoms with Gasteiger partial charge in [-0.1, -0.05) is 85.8 Å². The topological polar surface area (TPSA) is 35.5 Å². The Labute approximate surface area is 172 Å². The predicted molar refractivity (Wildman–Crippen MR) is 117 cm³/mol. The van der Waals surface area contributed by atoms with E-state index >= 15 is 0 Å². The summed E-state index contributed by atoms with van der Waals surface area (Å²) in [5.41, 5.74) is 4.34. The average molecular weight is 386 g/mol. The Morgan fingerprint density at radius 3 is 1.93 bits per heavy atom. The number of carbonyl (C=O) groups is 1. The molecule has 0 aliphatic carbocycles. The Hall–Kier alpha value is -3.33. The zero-order chi connectivity index (χ0) is 20.5. The van der Waals surface area contributed by atoms with E-state index in [9.17, 15) is 4.79 Å². The molecule has 3 aromatic rings. The zero-order valence-corrected chi connectivity index (χ0v) is 16.9. The van der Waals surface area contributed by atoms with Crippen LogP contribution >= 0.6 is 0 Å². The van der Waals surface area contributed by atoms with Crippen LogP contribution in [0.2, 0.25) is 0 Å². The third-order valence-electron chi connectivity index (χ3n) is 4.67. The predicted octanol–water partition coefficient (Wildman–Crippen LogP) is 5.90. The van der Waals surface area contributed by atoms with E-state index in [2.05, 4.69) is 30.3 Å². The highest BCUT2D eigenvalue weighted by molar-refractivity contribution is 5.80. The van der Waals surface area contributed by atoms with E-state index in [4.69, 9.17) is 9.47 Å². The maximum Gasteiger partial charge on any atom is 0.306 e. The number of esters is 1. The highest BCUT2D eigenvalue weighted by Crippen LogP contribution is 2.26. The first-order valence-corrected chi connectivity index (χ1v) is 9.77. The van der Waals surface area contributed by atoms with Gasteiger partial charge in [0.2, 0.25) is 0 Å². The molecule has 0 fully saturated rings. The molecule has 0 saturated carbocycles. The molecule has 3 nitrogen and oxygen atoms in total. The van der Waals surface area contributed by atoms with Gasteiger partial charge in [0.15, 0.2) is 0 Å². The quantitative estimate of drug-likeness (QED) is 0.452. The number of ether oxygens (including phenoxy) is 2. The second-order valence-corrected chi connectivity index (χ2v) is 7.00. The SMILES string of the molecule is COc1ccc(COC(=O)CC(C)C=C(c2ccccc2)c2ccccc2)cc1. The summed E-state index contributed by atoms with van der Waals surface area (Å²) in [7, 11) is 1.63. The van der Waals surface area contributed by atoms with Gasteiger partial charge in [-0.15, -0.1) is 0 Å². The molecule has 1 atom stereocenters. The van der Waals surface area contributed by atoms with Crippen LogP contribution in [0.3, 0.4) is 0 Å². The van der Waals surface area contributed by atoms with Gasteiger partial charge in [0.1, 0.15) is 12.4 Å². The average Bonchev–Trinajstić information content (AvgIpc) is 2.77. The zero-order valence-electron chi connectivity index (χ0n) is 16.9. The second kappa shape index (κ2) is 10.3. The lowest BCUT2D eigenvalue weighted by Crippen LogP contribution is -2.09. The van der Waals surface area contributed by atoms with Crippen LogP contribution in [0.1, 0.15) is 30.0 Å². The number of allylic oxidation sites excluding steroid dienone is 1. The minimum absolute atomic E-state index is 0.0498. The molecule has 0 N–H and O–H groups in total. The van der Waals surface area contributed by atoms with Crippen molar-refractivity contribution in [1.82, 2.24) is 0 Å². The molecule has 1 unspecified atom stereocenters. The number of methoxy groups -OCH3 is 1. The van der Waals surface area contributed by atoms with Crippen LogP contribution in [0.4, 0.5) is 0 Å². The Morgan fingerprint density at radius 1 is 0.862 bits per heavy atom. The molecular weight excluding hydrogens is 360 g/mol. The molecule has 0 spiro atoms. The largest absolute Gasteiger partial charge is 0.497 e. The molecule has 0 aliphatic rings. The number of hydrogen-bond acceptors (Lipinski definition) is 3. The molecule has 0 radical (unpaired) electrons. The van der Waals surface area contributed by atoms with E-state index in [0.717, 1.165) is 28.0 Å². The molecule has 148 valence electrons. The minimum atomic E-state index is -0.204. The number of benzene rings is 3. The lowest BCUT2D eigenvalue weighted by atomic mass is 9.93. The third kappa shape index (κ3) is 6.08. The van der Waals surface area contributed by atoms with Gasteiger partial charge < -0.3 is 9.47 Å². The number of rotatable bonds is 8. The molecule has 0 aliphatic heterocycles. The van der Waals surface area contributed by atoms with Crippen molar-refractivity contribution < 1.29 is 14.3 Å². The lowest BCUT2D eigenvalue weighted by Gasteiger charge is -2.13. The van der Waals surface area contributed by atoms with Gasteiger partial charge in [0, 0.05) is 0 Å².